The van der Waals surface area contributed by atoms with Gasteiger partial charge in [-0.3, -0.25) is 9.59 Å². The van der Waals surface area contributed by atoms with Crippen LogP contribution in [-0.2, 0) is 23.8 Å². The Morgan fingerprint density at radius 3 is 1.14 bits per heavy atom. The summed E-state index contributed by atoms with van der Waals surface area (Å²) in [6.07, 6.45) is 80.2. The summed E-state index contributed by atoms with van der Waals surface area (Å²) in [5, 5.41) is 0. The molecule has 5 nitrogen and oxygen atoms in total. The highest BCUT2D eigenvalue weighted by atomic mass is 16.6. The zero-order valence-electron chi connectivity index (χ0n) is 42.4. The minimum absolute atomic E-state index is 0.0235. The van der Waals surface area contributed by atoms with Crippen molar-refractivity contribution in [2.45, 2.75) is 207 Å². The first kappa shape index (κ1) is 61.8. The Kier molecular flexibility index (Phi) is 51.6. The third-order valence-electron chi connectivity index (χ3n) is 10.3. The van der Waals surface area contributed by atoms with E-state index < -0.39 is 6.10 Å². The highest BCUT2D eigenvalue weighted by molar-refractivity contribution is 5.70. The minimum Gasteiger partial charge on any atom is -0.462 e. The molecule has 0 aromatic carbocycles. The molecule has 0 aromatic heterocycles. The van der Waals surface area contributed by atoms with Gasteiger partial charge in [-0.15, -0.1) is 0 Å². The van der Waals surface area contributed by atoms with Crippen molar-refractivity contribution in [2.24, 2.45) is 0 Å². The van der Waals surface area contributed by atoms with E-state index in [-0.39, 0.29) is 25.2 Å². The molecule has 0 heterocycles. The highest BCUT2D eigenvalue weighted by Gasteiger charge is 2.17. The van der Waals surface area contributed by atoms with Crippen molar-refractivity contribution in [2.75, 3.05) is 19.8 Å². The molecule has 0 N–H and O–H groups in total. The molecule has 0 spiro atoms. The number of carbonyl (C=O) groups excluding carboxylic acids is 2. The maximum atomic E-state index is 12.8. The maximum Gasteiger partial charge on any atom is 0.306 e. The van der Waals surface area contributed by atoms with Gasteiger partial charge in [0, 0.05) is 19.4 Å². The van der Waals surface area contributed by atoms with Gasteiger partial charge in [0.1, 0.15) is 6.61 Å². The fourth-order valence-electron chi connectivity index (χ4n) is 6.50. The highest BCUT2D eigenvalue weighted by Crippen LogP contribution is 2.11. The van der Waals surface area contributed by atoms with Crippen molar-refractivity contribution in [1.82, 2.24) is 0 Å². The Bertz CT molecular complexity index is 1450. The molecule has 1 atom stereocenters. The molecule has 0 bridgehead atoms. The predicted octanol–water partition coefficient (Wildman–Crippen LogP) is 18.1. The predicted molar refractivity (Wildman–Crippen MR) is 288 cm³/mol. The zero-order chi connectivity index (χ0) is 47.7. The van der Waals surface area contributed by atoms with E-state index in [1.165, 1.54) is 44.9 Å². The summed E-state index contributed by atoms with van der Waals surface area (Å²) in [6.45, 7) is 7.33. The number of unbranched alkanes of at least 4 members (excludes halogenated alkanes) is 11. The molecule has 0 aromatic rings. The van der Waals surface area contributed by atoms with Gasteiger partial charge in [0.15, 0.2) is 6.10 Å². The summed E-state index contributed by atoms with van der Waals surface area (Å²) in [7, 11) is 0. The molecule has 0 amide bonds. The van der Waals surface area contributed by atoms with Gasteiger partial charge in [-0.05, 0) is 128 Å². The van der Waals surface area contributed by atoms with E-state index in [4.69, 9.17) is 14.2 Å². The Hall–Kier alpha value is -4.22. The third-order valence-corrected chi connectivity index (χ3v) is 10.3. The lowest BCUT2D eigenvalue weighted by atomic mass is 10.1. The van der Waals surface area contributed by atoms with Crippen LogP contribution in [0.15, 0.2) is 146 Å². The van der Waals surface area contributed by atoms with Crippen LogP contribution in [0.5, 0.6) is 0 Å². The van der Waals surface area contributed by atoms with Gasteiger partial charge < -0.3 is 14.2 Å². The maximum absolute atomic E-state index is 12.8. The van der Waals surface area contributed by atoms with E-state index in [1.807, 2.05) is 0 Å². The Balaban J connectivity index is 4.49. The van der Waals surface area contributed by atoms with Crippen molar-refractivity contribution in [3.63, 3.8) is 0 Å². The van der Waals surface area contributed by atoms with Gasteiger partial charge in [-0.2, -0.15) is 0 Å². The van der Waals surface area contributed by atoms with Crippen LogP contribution in [0, 0.1) is 0 Å². The molecular formula is C61H96O5. The zero-order valence-corrected chi connectivity index (χ0v) is 42.4. The number of allylic oxidation sites excluding steroid dienone is 24. The topological polar surface area (TPSA) is 61.8 Å². The minimum atomic E-state index is -0.611. The number of carbonyl (C=O) groups is 2. The molecule has 370 valence electrons. The molecule has 0 radical (unpaired) electrons. The number of ether oxygens (including phenoxy) is 3. The molecule has 0 saturated heterocycles. The van der Waals surface area contributed by atoms with Gasteiger partial charge in [0.05, 0.1) is 6.61 Å². The second-order valence-corrected chi connectivity index (χ2v) is 16.7. The molecule has 1 unspecified atom stereocenters. The number of hydrogen-bond donors (Lipinski definition) is 0. The van der Waals surface area contributed by atoms with Crippen LogP contribution in [0.4, 0.5) is 0 Å². The summed E-state index contributed by atoms with van der Waals surface area (Å²) < 4.78 is 17.3. The molecule has 0 rings (SSSR count). The van der Waals surface area contributed by atoms with Crippen molar-refractivity contribution in [3.8, 4) is 0 Å². The lowest BCUT2D eigenvalue weighted by Gasteiger charge is -2.18. The summed E-state index contributed by atoms with van der Waals surface area (Å²) >= 11 is 0. The molecular weight excluding hydrogens is 813 g/mol. The summed E-state index contributed by atoms with van der Waals surface area (Å²) in [6, 6.07) is 0. The van der Waals surface area contributed by atoms with Crippen molar-refractivity contribution in [3.05, 3.63) is 146 Å². The molecule has 66 heavy (non-hydrogen) atoms. The van der Waals surface area contributed by atoms with Crippen molar-refractivity contribution >= 4 is 11.9 Å². The van der Waals surface area contributed by atoms with Crippen LogP contribution < -0.4 is 0 Å². The number of rotatable bonds is 46. The largest absolute Gasteiger partial charge is 0.462 e. The fourth-order valence-corrected chi connectivity index (χ4v) is 6.50. The van der Waals surface area contributed by atoms with E-state index in [0.717, 1.165) is 116 Å². The number of esters is 2. The Morgan fingerprint density at radius 2 is 0.697 bits per heavy atom. The second kappa shape index (κ2) is 55.1. The summed E-state index contributed by atoms with van der Waals surface area (Å²) in [4.78, 5) is 25.4. The SMILES string of the molecule is CC/C=C\C/C=C\C/C=C\C/C=C\C/C=C\CCCC(=O)OC(COCCC/C=C\C/C=C\C/C=C\C/C=C\CC)COC(=O)CCCCCCCC/C=C\C/C=C\C/C=C\CCCCC. The van der Waals surface area contributed by atoms with Crippen LogP contribution in [0.1, 0.15) is 201 Å². The van der Waals surface area contributed by atoms with Crippen LogP contribution >= 0.6 is 0 Å². The van der Waals surface area contributed by atoms with Gasteiger partial charge in [-0.1, -0.05) is 205 Å². The van der Waals surface area contributed by atoms with Gasteiger partial charge >= 0.3 is 11.9 Å². The second-order valence-electron chi connectivity index (χ2n) is 16.7. The lowest BCUT2D eigenvalue weighted by molar-refractivity contribution is -0.162. The van der Waals surface area contributed by atoms with Crippen LogP contribution in [-0.4, -0.2) is 37.9 Å². The number of hydrogen-bond acceptors (Lipinski definition) is 5. The van der Waals surface area contributed by atoms with Crippen molar-refractivity contribution in [1.29, 1.82) is 0 Å². The fraction of sp³-hybridized carbons (Fsp3) is 0.574. The average Bonchev–Trinajstić information content (AvgIpc) is 3.32. The molecule has 0 aliphatic rings. The van der Waals surface area contributed by atoms with E-state index in [1.54, 1.807) is 0 Å². The quantitative estimate of drug-likeness (QED) is 0.0346. The standard InChI is InChI=1S/C61H96O5/c1-4-7-10-13-16-19-22-25-28-30-31-33-34-36-39-42-45-48-51-54-60(62)65-58-59(57-64-56-53-50-47-44-41-38-27-24-21-18-15-12-9-6-3)66-61(63)55-52-49-46-43-40-37-35-32-29-26-23-20-17-14-11-8-5-2/h8-9,11-12,16-21,25-29,31,33,35,37-38,43-44,46-47,59H,4-7,10,13-15,22-24,30,32,34,36,39-42,45,48-58H2,1-3H3/b11-8-,12-9-,19-16-,20-17-,21-18-,28-25-,29-26-,33-31-,37-35-,38-27-,46-43-,47-44-. The van der Waals surface area contributed by atoms with E-state index >= 15 is 0 Å². The van der Waals surface area contributed by atoms with E-state index in [0.29, 0.717) is 25.9 Å². The van der Waals surface area contributed by atoms with Gasteiger partial charge in [-0.25, -0.2) is 0 Å². The first-order valence-electron chi connectivity index (χ1n) is 26.4. The smallest absolute Gasteiger partial charge is 0.306 e. The summed E-state index contributed by atoms with van der Waals surface area (Å²) in [5.41, 5.74) is 0. The normalized spacial score (nSPS) is 13.4. The third kappa shape index (κ3) is 52.4. The lowest BCUT2D eigenvalue weighted by Crippen LogP contribution is -2.30. The van der Waals surface area contributed by atoms with Crippen LogP contribution in [0.3, 0.4) is 0 Å². The Labute approximate surface area is 406 Å². The molecule has 0 fully saturated rings. The Morgan fingerprint density at radius 1 is 0.348 bits per heavy atom. The molecule has 0 saturated carbocycles. The monoisotopic (exact) mass is 909 g/mol. The van der Waals surface area contributed by atoms with E-state index in [9.17, 15) is 9.59 Å². The van der Waals surface area contributed by atoms with Gasteiger partial charge in [0.25, 0.3) is 0 Å². The molecule has 0 aliphatic heterocycles. The molecule has 5 heteroatoms. The summed E-state index contributed by atoms with van der Waals surface area (Å²) in [5.74, 6) is -0.522. The first-order chi connectivity index (χ1) is 32.6. The van der Waals surface area contributed by atoms with Gasteiger partial charge in [0.2, 0.25) is 0 Å². The van der Waals surface area contributed by atoms with Crippen LogP contribution in [0.25, 0.3) is 0 Å². The van der Waals surface area contributed by atoms with Crippen molar-refractivity contribution < 1.29 is 23.8 Å². The van der Waals surface area contributed by atoms with Crippen LogP contribution in [0.2, 0.25) is 0 Å². The first-order valence-corrected chi connectivity index (χ1v) is 26.4. The molecule has 0 aliphatic carbocycles. The average molecular weight is 909 g/mol. The van der Waals surface area contributed by atoms with E-state index in [2.05, 4.69) is 167 Å².